The molecule has 0 unspecified atom stereocenters. The maximum Gasteiger partial charge on any atom is 0.227 e. The second-order valence-corrected chi connectivity index (χ2v) is 8.92. The molecular formula is C25H34N4O4. The molecule has 8 nitrogen and oxygen atoms in total. The Kier molecular flexibility index (Phi) is 7.77. The average Bonchev–Trinajstić information content (AvgIpc) is 2.86. The summed E-state index contributed by atoms with van der Waals surface area (Å²) >= 11 is 0. The van der Waals surface area contributed by atoms with Crippen molar-refractivity contribution in [1.82, 2.24) is 9.97 Å². The van der Waals surface area contributed by atoms with Gasteiger partial charge in [-0.25, -0.2) is 9.97 Å². The van der Waals surface area contributed by atoms with Crippen molar-refractivity contribution in [2.75, 3.05) is 37.5 Å². The SMILES string of the molecule is COC1CCC(C(=O)Nc2ccc(Oc3cnc(N4CCC(OC)CC4)nc3)c(C)c2)CC1. The van der Waals surface area contributed by atoms with Gasteiger partial charge in [0, 0.05) is 38.9 Å². The molecule has 0 bridgehead atoms. The van der Waals surface area contributed by atoms with Crippen molar-refractivity contribution in [1.29, 1.82) is 0 Å². The Morgan fingerprint density at radius 3 is 2.21 bits per heavy atom. The molecule has 8 heteroatoms. The lowest BCUT2D eigenvalue weighted by Crippen LogP contribution is -2.37. The fourth-order valence-electron chi connectivity index (χ4n) is 4.59. The zero-order chi connectivity index (χ0) is 23.2. The van der Waals surface area contributed by atoms with Crippen molar-refractivity contribution >= 4 is 17.5 Å². The maximum absolute atomic E-state index is 12.6. The number of anilines is 2. The molecule has 0 atom stereocenters. The number of hydrogen-bond acceptors (Lipinski definition) is 7. The molecule has 1 N–H and O–H groups in total. The molecule has 178 valence electrons. The Morgan fingerprint density at radius 1 is 0.970 bits per heavy atom. The van der Waals surface area contributed by atoms with Gasteiger partial charge in [-0.3, -0.25) is 4.79 Å². The van der Waals surface area contributed by atoms with Gasteiger partial charge >= 0.3 is 0 Å². The number of aromatic nitrogens is 2. The second-order valence-electron chi connectivity index (χ2n) is 8.92. The molecule has 2 aromatic rings. The third kappa shape index (κ3) is 6.00. The first-order chi connectivity index (χ1) is 16.1. The summed E-state index contributed by atoms with van der Waals surface area (Å²) in [6.45, 7) is 3.74. The summed E-state index contributed by atoms with van der Waals surface area (Å²) in [5, 5.41) is 3.05. The van der Waals surface area contributed by atoms with E-state index in [1.807, 2.05) is 25.1 Å². The van der Waals surface area contributed by atoms with Crippen LogP contribution in [-0.4, -0.2) is 55.4 Å². The molecule has 33 heavy (non-hydrogen) atoms. The summed E-state index contributed by atoms with van der Waals surface area (Å²) in [6, 6.07) is 5.68. The summed E-state index contributed by atoms with van der Waals surface area (Å²) in [5.74, 6) is 2.14. The molecule has 1 aliphatic carbocycles. The van der Waals surface area contributed by atoms with Crippen molar-refractivity contribution in [3.8, 4) is 11.5 Å². The Bertz CT molecular complexity index is 921. The molecule has 2 heterocycles. The molecule has 1 aromatic carbocycles. The lowest BCUT2D eigenvalue weighted by molar-refractivity contribution is -0.121. The van der Waals surface area contributed by atoms with Crippen LogP contribution in [0.5, 0.6) is 11.5 Å². The number of benzene rings is 1. The lowest BCUT2D eigenvalue weighted by Gasteiger charge is -2.31. The molecule has 2 fully saturated rings. The predicted molar refractivity (Wildman–Crippen MR) is 127 cm³/mol. The molecule has 4 rings (SSSR count). The van der Waals surface area contributed by atoms with Gasteiger partial charge in [-0.15, -0.1) is 0 Å². The van der Waals surface area contributed by atoms with Crippen LogP contribution in [0.25, 0.3) is 0 Å². The highest BCUT2D eigenvalue weighted by Crippen LogP contribution is 2.30. The van der Waals surface area contributed by atoms with E-state index in [1.54, 1.807) is 26.6 Å². The van der Waals surface area contributed by atoms with E-state index < -0.39 is 0 Å². The topological polar surface area (TPSA) is 85.8 Å². The van der Waals surface area contributed by atoms with Crippen LogP contribution < -0.4 is 15.0 Å². The number of carbonyl (C=O) groups excluding carboxylic acids is 1. The zero-order valence-corrected chi connectivity index (χ0v) is 19.8. The van der Waals surface area contributed by atoms with Gasteiger partial charge in [-0.1, -0.05) is 0 Å². The Hall–Kier alpha value is -2.71. The van der Waals surface area contributed by atoms with E-state index in [4.69, 9.17) is 14.2 Å². The van der Waals surface area contributed by atoms with E-state index in [1.165, 1.54) is 0 Å². The molecule has 1 aliphatic heterocycles. The number of piperidine rings is 1. The summed E-state index contributed by atoms with van der Waals surface area (Å²) in [6.07, 6.45) is 9.59. The zero-order valence-electron chi connectivity index (χ0n) is 19.8. The standard InChI is InChI=1S/C25H34N4O4/c1-17-14-19(28-24(30)18-4-7-20(31-2)8-5-18)6-9-23(17)33-22-15-26-25(27-16-22)29-12-10-21(32-3)11-13-29/h6,9,14-16,18,20-21H,4-5,7-8,10-13H2,1-3H3,(H,28,30). The van der Waals surface area contributed by atoms with E-state index in [0.29, 0.717) is 23.6 Å². The van der Waals surface area contributed by atoms with E-state index in [9.17, 15) is 4.79 Å². The quantitative estimate of drug-likeness (QED) is 0.666. The minimum absolute atomic E-state index is 0.0450. The Labute approximate surface area is 195 Å². The summed E-state index contributed by atoms with van der Waals surface area (Å²) in [7, 11) is 3.50. The number of aryl methyl sites for hydroxylation is 1. The van der Waals surface area contributed by atoms with Gasteiger partial charge in [0.25, 0.3) is 0 Å². The van der Waals surface area contributed by atoms with Gasteiger partial charge in [0.1, 0.15) is 5.75 Å². The molecule has 0 radical (unpaired) electrons. The Morgan fingerprint density at radius 2 is 1.61 bits per heavy atom. The van der Waals surface area contributed by atoms with E-state index in [0.717, 1.165) is 62.9 Å². The van der Waals surface area contributed by atoms with Gasteiger partial charge in [0.05, 0.1) is 24.6 Å². The van der Waals surface area contributed by atoms with E-state index in [-0.39, 0.29) is 17.9 Å². The number of ether oxygens (including phenoxy) is 3. The minimum atomic E-state index is 0.0450. The van der Waals surface area contributed by atoms with Crippen molar-refractivity contribution in [2.24, 2.45) is 5.92 Å². The predicted octanol–water partition coefficient (Wildman–Crippen LogP) is 4.34. The van der Waals surface area contributed by atoms with Crippen molar-refractivity contribution in [2.45, 2.75) is 57.7 Å². The van der Waals surface area contributed by atoms with Crippen LogP contribution in [0.1, 0.15) is 44.1 Å². The summed E-state index contributed by atoms with van der Waals surface area (Å²) in [5.41, 5.74) is 1.71. The average molecular weight is 455 g/mol. The molecule has 1 amide bonds. The Balaban J connectivity index is 1.31. The second kappa shape index (κ2) is 10.9. The highest BCUT2D eigenvalue weighted by atomic mass is 16.5. The monoisotopic (exact) mass is 454 g/mol. The number of methoxy groups -OCH3 is 2. The first kappa shape index (κ1) is 23.4. The smallest absolute Gasteiger partial charge is 0.227 e. The van der Waals surface area contributed by atoms with Crippen LogP contribution in [0.15, 0.2) is 30.6 Å². The van der Waals surface area contributed by atoms with E-state index >= 15 is 0 Å². The molecule has 1 aromatic heterocycles. The number of carbonyl (C=O) groups is 1. The van der Waals surface area contributed by atoms with Gasteiger partial charge in [0.2, 0.25) is 11.9 Å². The maximum atomic E-state index is 12.6. The van der Waals surface area contributed by atoms with Crippen LogP contribution in [-0.2, 0) is 14.3 Å². The fourth-order valence-corrected chi connectivity index (χ4v) is 4.59. The highest BCUT2D eigenvalue weighted by Gasteiger charge is 2.26. The highest BCUT2D eigenvalue weighted by molar-refractivity contribution is 5.92. The summed E-state index contributed by atoms with van der Waals surface area (Å²) < 4.78 is 16.8. The molecule has 0 spiro atoms. The fraction of sp³-hybridized carbons (Fsp3) is 0.560. The van der Waals surface area contributed by atoms with Crippen molar-refractivity contribution in [3.05, 3.63) is 36.2 Å². The normalized spacial score (nSPS) is 21.6. The number of amides is 1. The van der Waals surface area contributed by atoms with Crippen LogP contribution >= 0.6 is 0 Å². The largest absolute Gasteiger partial charge is 0.454 e. The van der Waals surface area contributed by atoms with Crippen LogP contribution in [0.3, 0.4) is 0 Å². The number of nitrogens with zero attached hydrogens (tertiary/aromatic N) is 3. The lowest BCUT2D eigenvalue weighted by atomic mass is 9.87. The van der Waals surface area contributed by atoms with Gasteiger partial charge in [-0.2, -0.15) is 0 Å². The van der Waals surface area contributed by atoms with E-state index in [2.05, 4.69) is 20.2 Å². The van der Waals surface area contributed by atoms with Crippen LogP contribution in [0.2, 0.25) is 0 Å². The third-order valence-corrected chi connectivity index (χ3v) is 6.72. The van der Waals surface area contributed by atoms with Crippen molar-refractivity contribution in [3.63, 3.8) is 0 Å². The number of hydrogen-bond donors (Lipinski definition) is 1. The number of rotatable bonds is 7. The molecule has 1 saturated carbocycles. The van der Waals surface area contributed by atoms with Gasteiger partial charge in [0.15, 0.2) is 5.75 Å². The third-order valence-electron chi connectivity index (χ3n) is 6.72. The first-order valence-corrected chi connectivity index (χ1v) is 11.8. The van der Waals surface area contributed by atoms with Crippen LogP contribution in [0, 0.1) is 12.8 Å². The first-order valence-electron chi connectivity index (χ1n) is 11.8. The molecular weight excluding hydrogens is 420 g/mol. The van der Waals surface area contributed by atoms with Crippen molar-refractivity contribution < 1.29 is 19.0 Å². The van der Waals surface area contributed by atoms with Gasteiger partial charge in [-0.05, 0) is 69.2 Å². The number of nitrogens with one attached hydrogen (secondary N) is 1. The van der Waals surface area contributed by atoms with Gasteiger partial charge < -0.3 is 24.4 Å². The van der Waals surface area contributed by atoms with Crippen LogP contribution in [0.4, 0.5) is 11.6 Å². The summed E-state index contributed by atoms with van der Waals surface area (Å²) in [4.78, 5) is 23.8. The molecule has 2 aliphatic rings. The molecule has 1 saturated heterocycles. The minimum Gasteiger partial charge on any atom is -0.454 e.